The Morgan fingerprint density at radius 2 is 2.50 bits per heavy atom. The van der Waals surface area contributed by atoms with Crippen LogP contribution in [0.15, 0.2) is 28.6 Å². The molecule has 0 unspecified atom stereocenters. The summed E-state index contributed by atoms with van der Waals surface area (Å²) < 4.78 is 4.19. The van der Waals surface area contributed by atoms with E-state index in [2.05, 4.69) is 9.36 Å². The molecule has 2 rings (SSSR count). The van der Waals surface area contributed by atoms with E-state index < -0.39 is 0 Å². The number of rotatable bonds is 2. The summed E-state index contributed by atoms with van der Waals surface area (Å²) >= 11 is 1.44. The van der Waals surface area contributed by atoms with Crippen LogP contribution in [0.3, 0.4) is 0 Å². The minimum Gasteiger partial charge on any atom is -0.359 e. The Morgan fingerprint density at radius 1 is 1.58 bits per heavy atom. The zero-order valence-corrected chi connectivity index (χ0v) is 8.34. The maximum absolute atomic E-state index is 5.58. The lowest BCUT2D eigenvalue weighted by atomic mass is 10.3. The molecule has 0 aromatic carbocycles. The second-order valence-electron chi connectivity index (χ2n) is 2.21. The first kappa shape index (κ1) is 8.16. The fourth-order valence-corrected chi connectivity index (χ4v) is 1.97. The zero-order chi connectivity index (χ0) is 8.39. The molecule has 0 atom stereocenters. The largest absolute Gasteiger partial charge is 0.359 e. The number of nitrogens with zero attached hydrogens (tertiary/aromatic N) is 1. The first-order valence-corrected chi connectivity index (χ1v) is 5.76. The van der Waals surface area contributed by atoms with Crippen LogP contribution in [0.4, 0.5) is 0 Å². The molecule has 2 aromatic rings. The Labute approximate surface area is 82.6 Å². The van der Waals surface area contributed by atoms with Gasteiger partial charge in [0, 0.05) is 16.5 Å². The highest BCUT2D eigenvalue weighted by atomic mass is 35.7. The molecule has 2 heterocycles. The van der Waals surface area contributed by atoms with Crippen molar-refractivity contribution in [3.05, 3.63) is 23.7 Å². The van der Waals surface area contributed by atoms with Gasteiger partial charge in [0.15, 0.2) is 0 Å². The fourth-order valence-electron chi connectivity index (χ4n) is 0.918. The van der Waals surface area contributed by atoms with Gasteiger partial charge in [-0.25, -0.2) is 0 Å². The summed E-state index contributed by atoms with van der Waals surface area (Å²) in [6.45, 7) is 0. The lowest BCUT2D eigenvalue weighted by Crippen LogP contribution is -1.72. The fraction of sp³-hybridized carbons (Fsp3) is 0. The summed E-state index contributed by atoms with van der Waals surface area (Å²) in [5.41, 5.74) is 1.98. The molecule has 2 nitrogen and oxygen atoms in total. The summed E-state index contributed by atoms with van der Waals surface area (Å²) in [4.78, 5) is 4.11. The average molecular weight is 217 g/mol. The van der Waals surface area contributed by atoms with E-state index in [0.29, 0.717) is 0 Å². The number of hydrogen-bond donors (Lipinski definition) is 1. The monoisotopic (exact) mass is 216 g/mol. The highest BCUT2D eigenvalue weighted by Crippen LogP contribution is 2.26. The highest BCUT2D eigenvalue weighted by molar-refractivity contribution is 8.21. The van der Waals surface area contributed by atoms with Crippen LogP contribution in [0.5, 0.6) is 0 Å². The Kier molecular flexibility index (Phi) is 2.39. The second-order valence-corrected chi connectivity index (χ2v) is 3.97. The molecule has 0 aliphatic carbocycles. The minimum absolute atomic E-state index is 0.969. The Morgan fingerprint density at radius 3 is 3.08 bits per heavy atom. The maximum Gasteiger partial charge on any atom is 0.100 e. The van der Waals surface area contributed by atoms with Crippen LogP contribution >= 0.6 is 33.2 Å². The van der Waals surface area contributed by atoms with Crippen LogP contribution in [0.2, 0.25) is 0 Å². The third kappa shape index (κ3) is 1.50. The van der Waals surface area contributed by atoms with E-state index >= 15 is 0 Å². The van der Waals surface area contributed by atoms with E-state index in [4.69, 9.17) is 10.7 Å². The van der Waals surface area contributed by atoms with Crippen LogP contribution in [0.1, 0.15) is 0 Å². The molecule has 0 bridgehead atoms. The van der Waals surface area contributed by atoms with Crippen LogP contribution in [-0.4, -0.2) is 9.36 Å². The average Bonchev–Trinajstić information content (AvgIpc) is 2.75. The van der Waals surface area contributed by atoms with Crippen LogP contribution in [0, 0.1) is 0 Å². The molecule has 62 valence electrons. The normalized spacial score (nSPS) is 10.4. The van der Waals surface area contributed by atoms with Gasteiger partial charge in [-0.1, -0.05) is 0 Å². The molecule has 0 fully saturated rings. The molecule has 0 aliphatic rings. The predicted molar refractivity (Wildman–Crippen MR) is 53.6 cm³/mol. The van der Waals surface area contributed by atoms with Gasteiger partial charge in [-0.3, -0.25) is 0 Å². The van der Waals surface area contributed by atoms with Crippen molar-refractivity contribution in [1.82, 2.24) is 9.36 Å². The third-order valence-corrected chi connectivity index (χ3v) is 2.97. The van der Waals surface area contributed by atoms with Crippen LogP contribution < -0.4 is 0 Å². The van der Waals surface area contributed by atoms with E-state index in [0.717, 1.165) is 16.3 Å². The van der Waals surface area contributed by atoms with Gasteiger partial charge in [-0.05, 0) is 45.3 Å². The van der Waals surface area contributed by atoms with Crippen molar-refractivity contribution in [1.29, 1.82) is 0 Å². The Balaban J connectivity index is 2.35. The van der Waals surface area contributed by atoms with Crippen molar-refractivity contribution in [2.45, 2.75) is 4.90 Å². The molecule has 0 saturated carbocycles. The number of nitrogens with one attached hydrogen (secondary N) is 1. The maximum atomic E-state index is 5.58. The molecule has 0 radical (unpaired) electrons. The number of aromatic nitrogens is 2. The Bertz CT molecular complexity index is 355. The lowest BCUT2D eigenvalue weighted by molar-refractivity contribution is 1.35. The van der Waals surface area contributed by atoms with Gasteiger partial charge in [0.2, 0.25) is 0 Å². The summed E-state index contributed by atoms with van der Waals surface area (Å²) in [6, 6.07) is 3.95. The van der Waals surface area contributed by atoms with Gasteiger partial charge in [0.25, 0.3) is 0 Å². The standard InChI is InChI=1S/C7H5ClN2S2/c8-12-5-3-7(9-4-5)6-1-2-11-10-6/h1-4,9H. The summed E-state index contributed by atoms with van der Waals surface area (Å²) in [5, 5.41) is 1.95. The van der Waals surface area contributed by atoms with Gasteiger partial charge in [-0.2, -0.15) is 4.37 Å². The smallest absolute Gasteiger partial charge is 0.100 e. The predicted octanol–water partition coefficient (Wildman–Crippen LogP) is 3.38. The van der Waals surface area contributed by atoms with Crippen molar-refractivity contribution in [3.63, 3.8) is 0 Å². The molecular formula is C7H5ClN2S2. The summed E-state index contributed by atoms with van der Waals surface area (Å²) in [6.07, 6.45) is 1.87. The highest BCUT2D eigenvalue weighted by Gasteiger charge is 2.02. The second kappa shape index (κ2) is 3.51. The number of H-pyrrole nitrogens is 1. The van der Waals surface area contributed by atoms with E-state index in [1.54, 1.807) is 0 Å². The molecule has 12 heavy (non-hydrogen) atoms. The number of hydrogen-bond acceptors (Lipinski definition) is 3. The van der Waals surface area contributed by atoms with Gasteiger partial charge in [-0.15, -0.1) is 0 Å². The first-order valence-electron chi connectivity index (χ1n) is 3.28. The van der Waals surface area contributed by atoms with Crippen molar-refractivity contribution < 1.29 is 0 Å². The van der Waals surface area contributed by atoms with Gasteiger partial charge >= 0.3 is 0 Å². The van der Waals surface area contributed by atoms with Crippen molar-refractivity contribution >= 4 is 33.2 Å². The van der Waals surface area contributed by atoms with Crippen LogP contribution in [-0.2, 0) is 0 Å². The van der Waals surface area contributed by atoms with Crippen molar-refractivity contribution in [3.8, 4) is 11.4 Å². The third-order valence-electron chi connectivity index (χ3n) is 1.46. The van der Waals surface area contributed by atoms with E-state index in [-0.39, 0.29) is 0 Å². The molecule has 0 amide bonds. The summed E-state index contributed by atoms with van der Waals surface area (Å²) in [5.74, 6) is 0. The van der Waals surface area contributed by atoms with E-state index in [9.17, 15) is 0 Å². The zero-order valence-electron chi connectivity index (χ0n) is 5.95. The molecule has 1 N–H and O–H groups in total. The van der Waals surface area contributed by atoms with Gasteiger partial charge in [0.05, 0.1) is 5.69 Å². The lowest BCUT2D eigenvalue weighted by Gasteiger charge is -1.86. The number of aromatic amines is 1. The van der Waals surface area contributed by atoms with Crippen molar-refractivity contribution in [2.24, 2.45) is 0 Å². The quantitative estimate of drug-likeness (QED) is 0.834. The SMILES string of the molecule is ClSc1c[nH]c(-c2ccsn2)c1. The molecule has 2 aromatic heterocycles. The molecular weight excluding hydrogens is 212 g/mol. The molecule has 5 heteroatoms. The molecule has 0 saturated heterocycles. The van der Waals surface area contributed by atoms with Gasteiger partial charge < -0.3 is 4.98 Å². The summed E-state index contributed by atoms with van der Waals surface area (Å²) in [7, 11) is 6.78. The van der Waals surface area contributed by atoms with Gasteiger partial charge in [0.1, 0.15) is 5.69 Å². The van der Waals surface area contributed by atoms with Crippen molar-refractivity contribution in [2.75, 3.05) is 0 Å². The van der Waals surface area contributed by atoms with E-state index in [1.807, 2.05) is 23.7 Å². The molecule has 0 spiro atoms. The number of halogens is 1. The van der Waals surface area contributed by atoms with Crippen LogP contribution in [0.25, 0.3) is 11.4 Å². The Hall–Kier alpha value is -0.450. The van der Waals surface area contributed by atoms with E-state index in [1.165, 1.54) is 22.5 Å². The topological polar surface area (TPSA) is 28.7 Å². The minimum atomic E-state index is 0.969. The molecule has 0 aliphatic heterocycles. The first-order chi connectivity index (χ1) is 5.90.